The van der Waals surface area contributed by atoms with Crippen LogP contribution in [0.15, 0.2) is 67.1 Å². The molecule has 2 aromatic carbocycles. The number of nitrogens with one attached hydrogen (secondary N) is 1. The predicted molar refractivity (Wildman–Crippen MR) is 113 cm³/mol. The summed E-state index contributed by atoms with van der Waals surface area (Å²) in [5.74, 6) is 0. The monoisotopic (exact) mass is 384 g/mol. The first-order chi connectivity index (χ1) is 13.3. The van der Waals surface area contributed by atoms with Gasteiger partial charge in [0.25, 0.3) is 0 Å². The number of imidazole rings is 1. The third-order valence-electron chi connectivity index (χ3n) is 4.63. The Morgan fingerprint density at radius 1 is 0.815 bits per heavy atom. The molecule has 1 N–H and O–H groups in total. The van der Waals surface area contributed by atoms with Gasteiger partial charge in [-0.2, -0.15) is 0 Å². The Labute approximate surface area is 162 Å². The van der Waals surface area contributed by atoms with Crippen molar-refractivity contribution >= 4 is 54.1 Å². The molecule has 0 aliphatic heterocycles. The summed E-state index contributed by atoms with van der Waals surface area (Å²) in [4.78, 5) is 19.1. The van der Waals surface area contributed by atoms with E-state index in [-0.39, 0.29) is 0 Å². The molecule has 0 saturated carbocycles. The zero-order chi connectivity index (χ0) is 17.8. The van der Waals surface area contributed by atoms with Crippen LogP contribution in [0.2, 0.25) is 0 Å². The van der Waals surface area contributed by atoms with Crippen molar-refractivity contribution in [3.05, 3.63) is 67.1 Å². The number of hydrogen-bond acceptors (Lipinski definition) is 5. The molecule has 0 spiro atoms. The molecule has 0 aliphatic rings. The van der Waals surface area contributed by atoms with Crippen molar-refractivity contribution in [3.63, 3.8) is 0 Å². The summed E-state index contributed by atoms with van der Waals surface area (Å²) in [6.07, 6.45) is 3.56. The summed E-state index contributed by atoms with van der Waals surface area (Å²) in [5, 5.41) is 2.21. The van der Waals surface area contributed by atoms with Gasteiger partial charge in [-0.3, -0.25) is 0 Å². The summed E-state index contributed by atoms with van der Waals surface area (Å²) < 4.78 is 1.19. The van der Waals surface area contributed by atoms with E-state index in [0.29, 0.717) is 0 Å². The number of pyridine rings is 1. The Hall–Kier alpha value is -3.09. The molecule has 6 rings (SSSR count). The minimum Gasteiger partial charge on any atom is -0.345 e. The van der Waals surface area contributed by atoms with E-state index in [1.165, 1.54) is 20.5 Å². The van der Waals surface area contributed by atoms with Gasteiger partial charge in [-0.15, -0.1) is 22.7 Å². The molecule has 0 unspecified atom stereocenters. The lowest BCUT2D eigenvalue weighted by Crippen LogP contribution is -1.77. The van der Waals surface area contributed by atoms with Crippen molar-refractivity contribution in [3.8, 4) is 21.0 Å². The van der Waals surface area contributed by atoms with E-state index in [4.69, 9.17) is 4.98 Å². The fraction of sp³-hybridized carbons (Fsp3) is 0. The van der Waals surface area contributed by atoms with Gasteiger partial charge in [0, 0.05) is 22.0 Å². The van der Waals surface area contributed by atoms with Crippen molar-refractivity contribution in [2.45, 2.75) is 0 Å². The number of rotatable bonds is 2. The molecule has 4 nitrogen and oxygen atoms in total. The fourth-order valence-electron chi connectivity index (χ4n) is 3.29. The van der Waals surface area contributed by atoms with E-state index in [9.17, 15) is 0 Å². The Balaban J connectivity index is 1.46. The van der Waals surface area contributed by atoms with Crippen LogP contribution >= 0.6 is 22.7 Å². The highest BCUT2D eigenvalue weighted by molar-refractivity contribution is 7.22. The van der Waals surface area contributed by atoms with E-state index in [0.717, 1.165) is 32.0 Å². The number of nitrogens with zero attached hydrogens (tertiary/aromatic N) is 3. The van der Waals surface area contributed by atoms with Gasteiger partial charge in [0.1, 0.15) is 9.84 Å². The highest BCUT2D eigenvalue weighted by Gasteiger charge is 2.11. The summed E-state index contributed by atoms with van der Waals surface area (Å²) in [7, 11) is 0. The van der Waals surface area contributed by atoms with Crippen LogP contribution in [0.1, 0.15) is 0 Å². The number of benzene rings is 2. The van der Waals surface area contributed by atoms with Crippen LogP contribution in [0.3, 0.4) is 0 Å². The average Bonchev–Trinajstić information content (AvgIpc) is 3.42. The quantitative estimate of drug-likeness (QED) is 0.391. The standard InChI is InChI=1S/C21H12N4S2/c1-2-13-10-19(27-20(13)22-7-1)12-4-6-18-17(8-12)25-21(26-18)14-3-5-15-16(9-14)24-11-23-15/h1-11H,(H,23,24). The van der Waals surface area contributed by atoms with E-state index in [2.05, 4.69) is 57.4 Å². The normalized spacial score (nSPS) is 11.7. The molecule has 4 aromatic heterocycles. The van der Waals surface area contributed by atoms with Crippen molar-refractivity contribution < 1.29 is 0 Å². The van der Waals surface area contributed by atoms with Crippen molar-refractivity contribution in [2.75, 3.05) is 0 Å². The van der Waals surface area contributed by atoms with E-state index in [1.54, 1.807) is 29.0 Å². The summed E-state index contributed by atoms with van der Waals surface area (Å²) in [6.45, 7) is 0. The molecular weight excluding hydrogens is 372 g/mol. The Morgan fingerprint density at radius 3 is 2.74 bits per heavy atom. The minimum atomic E-state index is 0.973. The van der Waals surface area contributed by atoms with Gasteiger partial charge in [0.15, 0.2) is 0 Å². The molecule has 0 aliphatic carbocycles. The van der Waals surface area contributed by atoms with Crippen LogP contribution in [0.5, 0.6) is 0 Å². The predicted octanol–water partition coefficient (Wildman–Crippen LogP) is 6.12. The third-order valence-corrected chi connectivity index (χ3v) is 6.83. The van der Waals surface area contributed by atoms with Crippen LogP contribution in [0.25, 0.3) is 52.5 Å². The fourth-order valence-corrected chi connectivity index (χ4v) is 5.23. The number of fused-ring (bicyclic) bond motifs is 3. The number of aromatic amines is 1. The molecule has 4 heterocycles. The van der Waals surface area contributed by atoms with Crippen molar-refractivity contribution in [1.29, 1.82) is 0 Å². The first-order valence-electron chi connectivity index (χ1n) is 8.52. The topological polar surface area (TPSA) is 54.5 Å². The van der Waals surface area contributed by atoms with Crippen LogP contribution < -0.4 is 0 Å². The number of thiazole rings is 1. The van der Waals surface area contributed by atoms with Gasteiger partial charge in [0.2, 0.25) is 0 Å². The molecule has 27 heavy (non-hydrogen) atoms. The lowest BCUT2D eigenvalue weighted by atomic mass is 10.1. The van der Waals surface area contributed by atoms with Crippen molar-refractivity contribution in [2.24, 2.45) is 0 Å². The van der Waals surface area contributed by atoms with Crippen molar-refractivity contribution in [1.82, 2.24) is 19.9 Å². The first-order valence-corrected chi connectivity index (χ1v) is 10.2. The van der Waals surface area contributed by atoms with Gasteiger partial charge >= 0.3 is 0 Å². The van der Waals surface area contributed by atoms with Crippen LogP contribution in [-0.4, -0.2) is 19.9 Å². The molecule has 0 atom stereocenters. The molecule has 0 saturated heterocycles. The molecule has 6 aromatic rings. The largest absolute Gasteiger partial charge is 0.345 e. The van der Waals surface area contributed by atoms with E-state index >= 15 is 0 Å². The zero-order valence-electron chi connectivity index (χ0n) is 14.0. The number of thiophene rings is 1. The summed E-state index contributed by atoms with van der Waals surface area (Å²) in [5.41, 5.74) is 5.33. The molecule has 0 bridgehead atoms. The minimum absolute atomic E-state index is 0.973. The molecule has 0 amide bonds. The number of hydrogen-bond donors (Lipinski definition) is 1. The highest BCUT2D eigenvalue weighted by Crippen LogP contribution is 2.36. The van der Waals surface area contributed by atoms with Gasteiger partial charge in [0.05, 0.1) is 27.6 Å². The highest BCUT2D eigenvalue weighted by atomic mass is 32.1. The van der Waals surface area contributed by atoms with Crippen LogP contribution in [0.4, 0.5) is 0 Å². The number of aromatic nitrogens is 4. The molecular formula is C21H12N4S2. The Kier molecular flexibility index (Phi) is 3.17. The zero-order valence-corrected chi connectivity index (χ0v) is 15.6. The Morgan fingerprint density at radius 2 is 1.78 bits per heavy atom. The van der Waals surface area contributed by atoms with Gasteiger partial charge in [-0.25, -0.2) is 15.0 Å². The van der Waals surface area contributed by atoms with E-state index in [1.807, 2.05) is 18.3 Å². The van der Waals surface area contributed by atoms with Gasteiger partial charge in [-0.1, -0.05) is 12.1 Å². The molecule has 0 radical (unpaired) electrons. The SMILES string of the molecule is c1cnc2sc(-c3ccc4sc(-c5ccc6nc[nH]c6c5)nc4c3)cc2c1. The summed E-state index contributed by atoms with van der Waals surface area (Å²) >= 11 is 3.43. The second kappa shape index (κ2) is 5.70. The molecule has 128 valence electrons. The lowest BCUT2D eigenvalue weighted by molar-refractivity contribution is 1.34. The third kappa shape index (κ3) is 2.45. The number of H-pyrrole nitrogens is 1. The van der Waals surface area contributed by atoms with Crippen LogP contribution in [0, 0.1) is 0 Å². The van der Waals surface area contributed by atoms with Gasteiger partial charge in [-0.05, 0) is 48.0 Å². The smallest absolute Gasteiger partial charge is 0.124 e. The molecule has 0 fully saturated rings. The maximum Gasteiger partial charge on any atom is 0.124 e. The maximum atomic E-state index is 4.89. The Bertz CT molecular complexity index is 1410. The lowest BCUT2D eigenvalue weighted by Gasteiger charge is -1.96. The first kappa shape index (κ1) is 15.0. The summed E-state index contributed by atoms with van der Waals surface area (Å²) in [6, 6.07) is 19.0. The van der Waals surface area contributed by atoms with Gasteiger partial charge < -0.3 is 4.98 Å². The molecule has 6 heteroatoms. The van der Waals surface area contributed by atoms with E-state index < -0.39 is 0 Å². The van der Waals surface area contributed by atoms with Crippen LogP contribution in [-0.2, 0) is 0 Å². The second-order valence-electron chi connectivity index (χ2n) is 6.34. The maximum absolute atomic E-state index is 4.89. The second-order valence-corrected chi connectivity index (χ2v) is 8.41. The average molecular weight is 384 g/mol.